The van der Waals surface area contributed by atoms with Crippen LogP contribution in [0.2, 0.25) is 0 Å². The second kappa shape index (κ2) is 17.3. The number of benzene rings is 8. The maximum Gasteiger partial charge on any atom is 0.0365 e. The van der Waals surface area contributed by atoms with E-state index in [1.807, 2.05) is 0 Å². The summed E-state index contributed by atoms with van der Waals surface area (Å²) in [6.45, 7) is 0. The summed E-state index contributed by atoms with van der Waals surface area (Å²) in [5.41, 5.74) is 18.8. The molecule has 4 unspecified atom stereocenters. The van der Waals surface area contributed by atoms with E-state index in [4.69, 9.17) is 0 Å². The molecule has 16 rings (SSSR count). The lowest BCUT2D eigenvalue weighted by atomic mass is 9.30. The molecular formula is C72H62. The maximum absolute atomic E-state index is 3.98. The summed E-state index contributed by atoms with van der Waals surface area (Å²) in [5.74, 6) is 18.4. The normalized spacial score (nSPS) is 28.2. The zero-order valence-corrected chi connectivity index (χ0v) is 41.4. The fourth-order valence-electron chi connectivity index (χ4n) is 17.4. The number of hydrogen-bond acceptors (Lipinski definition) is 0. The third-order valence-corrected chi connectivity index (χ3v) is 19.3. The molecule has 0 spiro atoms. The van der Waals surface area contributed by atoms with Crippen molar-refractivity contribution in [1.82, 2.24) is 0 Å². The van der Waals surface area contributed by atoms with Crippen LogP contribution < -0.4 is 0 Å². The molecule has 8 aliphatic carbocycles. The molecule has 8 aromatic rings. The average molecular weight is 927 g/mol. The van der Waals surface area contributed by atoms with E-state index < -0.39 is 0 Å². The van der Waals surface area contributed by atoms with Gasteiger partial charge in [-0.2, -0.15) is 0 Å². The lowest BCUT2D eigenvalue weighted by Crippen LogP contribution is -2.66. The smallest absolute Gasteiger partial charge is 0.0365 e. The molecule has 8 fully saturated rings. The van der Waals surface area contributed by atoms with Gasteiger partial charge in [0.25, 0.3) is 0 Å². The van der Waals surface area contributed by atoms with Gasteiger partial charge in [0.2, 0.25) is 0 Å². The van der Waals surface area contributed by atoms with E-state index in [-0.39, 0.29) is 21.7 Å². The first kappa shape index (κ1) is 43.7. The summed E-state index contributed by atoms with van der Waals surface area (Å²) < 4.78 is 0. The maximum atomic E-state index is 3.98. The van der Waals surface area contributed by atoms with E-state index >= 15 is 0 Å². The molecule has 0 heterocycles. The molecule has 0 saturated heterocycles. The van der Waals surface area contributed by atoms with Gasteiger partial charge >= 0.3 is 0 Å². The Morgan fingerprint density at radius 2 is 0.597 bits per heavy atom. The molecule has 8 bridgehead atoms. The third-order valence-electron chi connectivity index (χ3n) is 19.3. The van der Waals surface area contributed by atoms with Gasteiger partial charge < -0.3 is 0 Å². The summed E-state index contributed by atoms with van der Waals surface area (Å²) in [4.78, 5) is 0. The summed E-state index contributed by atoms with van der Waals surface area (Å²) >= 11 is 0. The Morgan fingerprint density at radius 3 is 0.931 bits per heavy atom. The van der Waals surface area contributed by atoms with Crippen LogP contribution in [-0.2, 0) is 10.8 Å². The molecule has 72 heavy (non-hydrogen) atoms. The van der Waals surface area contributed by atoms with Crippen molar-refractivity contribution in [2.75, 3.05) is 0 Å². The van der Waals surface area contributed by atoms with Gasteiger partial charge in [0.1, 0.15) is 0 Å². The van der Waals surface area contributed by atoms with Crippen molar-refractivity contribution in [3.8, 4) is 68.2 Å². The minimum Gasteiger partial charge on any atom is -0.0622 e. The SMILES string of the molecule is C(#Cc1c(-c2ccccc2)cc(-c2ccccc2)cc1C12CC3CC(C1)CC(C14CC5CC(CC(c6cc(-c7ccccc7)cc(-c7ccccc7)c6C#Cc6ccccc6)(C5)C1)C4)(C3)C2)c1ccccc1. The fraction of sp³-hybridized carbons (Fsp3) is 0.278. The molecule has 0 aliphatic heterocycles. The lowest BCUT2D eigenvalue weighted by Gasteiger charge is -2.74. The summed E-state index contributed by atoms with van der Waals surface area (Å²) in [5, 5.41) is 0. The molecule has 0 N–H and O–H groups in total. The average Bonchev–Trinajstić information content (AvgIpc) is 3.42. The van der Waals surface area contributed by atoms with Crippen molar-refractivity contribution in [3.63, 3.8) is 0 Å². The van der Waals surface area contributed by atoms with E-state index in [0.29, 0.717) is 0 Å². The van der Waals surface area contributed by atoms with E-state index in [9.17, 15) is 0 Å². The molecule has 350 valence electrons. The van der Waals surface area contributed by atoms with Crippen LogP contribution in [0.1, 0.15) is 110 Å². The van der Waals surface area contributed by atoms with Crippen LogP contribution in [0.15, 0.2) is 206 Å². The van der Waals surface area contributed by atoms with Crippen molar-refractivity contribution in [2.24, 2.45) is 34.5 Å². The topological polar surface area (TPSA) is 0 Å². The number of hydrogen-bond donors (Lipinski definition) is 0. The van der Waals surface area contributed by atoms with Crippen LogP contribution in [0.25, 0.3) is 44.5 Å². The molecule has 0 heteroatoms. The first-order chi connectivity index (χ1) is 35.4. The molecule has 0 amide bonds. The van der Waals surface area contributed by atoms with Crippen molar-refractivity contribution in [1.29, 1.82) is 0 Å². The van der Waals surface area contributed by atoms with Gasteiger partial charge in [-0.1, -0.05) is 181 Å². The Labute approximate surface area is 428 Å². The van der Waals surface area contributed by atoms with Crippen molar-refractivity contribution in [3.05, 3.63) is 240 Å². The Bertz CT molecular complexity index is 3170. The minimum absolute atomic E-state index is 0.0651. The molecule has 8 saturated carbocycles. The van der Waals surface area contributed by atoms with E-state index in [0.717, 1.165) is 34.8 Å². The summed E-state index contributed by atoms with van der Waals surface area (Å²) in [7, 11) is 0. The highest BCUT2D eigenvalue weighted by molar-refractivity contribution is 5.83. The summed E-state index contributed by atoms with van der Waals surface area (Å²) in [6.07, 6.45) is 16.1. The lowest BCUT2D eigenvalue weighted by molar-refractivity contribution is -0.212. The van der Waals surface area contributed by atoms with Crippen LogP contribution in [0.4, 0.5) is 0 Å². The zero-order chi connectivity index (χ0) is 47.7. The van der Waals surface area contributed by atoms with Gasteiger partial charge in [-0.05, 0) is 227 Å². The Balaban J connectivity index is 0.954. The van der Waals surface area contributed by atoms with Crippen LogP contribution in [0.5, 0.6) is 0 Å². The molecule has 0 radical (unpaired) electrons. The van der Waals surface area contributed by atoms with Crippen LogP contribution >= 0.6 is 0 Å². The van der Waals surface area contributed by atoms with Crippen LogP contribution in [0.3, 0.4) is 0 Å². The first-order valence-electron chi connectivity index (χ1n) is 27.2. The highest BCUT2D eigenvalue weighted by Gasteiger charge is 2.70. The Hall–Kier alpha value is -7.12. The molecule has 4 atom stereocenters. The Morgan fingerprint density at radius 1 is 0.292 bits per heavy atom. The van der Waals surface area contributed by atoms with Crippen LogP contribution in [0, 0.1) is 58.2 Å². The van der Waals surface area contributed by atoms with Gasteiger partial charge in [0.05, 0.1) is 0 Å². The molecule has 0 aromatic heterocycles. The quantitative estimate of drug-likeness (QED) is 0.140. The second-order valence-corrected chi connectivity index (χ2v) is 23.6. The molecular weight excluding hydrogens is 865 g/mol. The van der Waals surface area contributed by atoms with E-state index in [1.165, 1.54) is 144 Å². The fourth-order valence-corrected chi connectivity index (χ4v) is 17.4. The summed E-state index contributed by atoms with van der Waals surface area (Å²) in [6, 6.07) is 76.4. The highest BCUT2D eigenvalue weighted by atomic mass is 14.7. The van der Waals surface area contributed by atoms with Gasteiger partial charge in [-0.3, -0.25) is 0 Å². The minimum atomic E-state index is 0.0651. The zero-order valence-electron chi connectivity index (χ0n) is 41.4. The van der Waals surface area contributed by atoms with Gasteiger partial charge in [-0.15, -0.1) is 0 Å². The van der Waals surface area contributed by atoms with Crippen molar-refractivity contribution < 1.29 is 0 Å². The predicted molar refractivity (Wildman–Crippen MR) is 297 cm³/mol. The van der Waals surface area contributed by atoms with E-state index in [2.05, 4.69) is 230 Å². The molecule has 8 aliphatic rings. The van der Waals surface area contributed by atoms with E-state index in [1.54, 1.807) is 0 Å². The second-order valence-electron chi connectivity index (χ2n) is 23.6. The predicted octanol–water partition coefficient (Wildman–Crippen LogP) is 17.5. The largest absolute Gasteiger partial charge is 0.0622 e. The molecule has 0 nitrogen and oxygen atoms in total. The van der Waals surface area contributed by atoms with Crippen molar-refractivity contribution >= 4 is 0 Å². The molecule has 8 aromatic carbocycles. The highest BCUT2D eigenvalue weighted by Crippen LogP contribution is 2.79. The van der Waals surface area contributed by atoms with Gasteiger partial charge in [0, 0.05) is 22.3 Å². The first-order valence-corrected chi connectivity index (χ1v) is 27.2. The number of rotatable bonds is 7. The Kier molecular flexibility index (Phi) is 10.5. The van der Waals surface area contributed by atoms with Gasteiger partial charge in [0.15, 0.2) is 0 Å². The standard InChI is InChI=1S/C72H62/c1-7-19-51(20-8-1)31-33-63-65(59-27-15-5-16-28-59)37-61(57-23-11-3-12-24-57)39-67(63)69-41-53-35-54(42-69)46-71(45-53,49-69)72-47-55-36-56(48-72)44-70(43-55,50-72)68-40-62(58-25-13-4-14-26-58)38-66(60-29-17-6-18-30-60)64(68)34-32-52-21-9-2-10-22-52/h1-30,37-40,53-56H,35-36,41-50H2. The third kappa shape index (κ3) is 7.44. The monoisotopic (exact) mass is 926 g/mol. The van der Waals surface area contributed by atoms with Gasteiger partial charge in [-0.25, -0.2) is 0 Å². The van der Waals surface area contributed by atoms with Crippen LogP contribution in [-0.4, -0.2) is 0 Å². The van der Waals surface area contributed by atoms with Crippen molar-refractivity contribution in [2.45, 2.75) is 87.9 Å².